The zero-order chi connectivity index (χ0) is 20.7. The van der Waals surface area contributed by atoms with Crippen LogP contribution in [-0.2, 0) is 20.5 Å². The van der Waals surface area contributed by atoms with E-state index >= 15 is 0 Å². The predicted molar refractivity (Wildman–Crippen MR) is 91.5 cm³/mol. The zero-order valence-corrected chi connectivity index (χ0v) is 14.3. The van der Waals surface area contributed by atoms with Gasteiger partial charge in [-0.3, -0.25) is 9.59 Å². The third-order valence-electron chi connectivity index (χ3n) is 3.34. The number of carbonyl (C=O) groups is 3. The van der Waals surface area contributed by atoms with Crippen molar-refractivity contribution in [1.82, 2.24) is 0 Å². The molecule has 0 saturated heterocycles. The smallest absolute Gasteiger partial charge is 0.416 e. The van der Waals surface area contributed by atoms with Gasteiger partial charge in [0.1, 0.15) is 5.75 Å². The SMILES string of the molecule is NC(=O)c1ccc(NC(=O)COC(=O)COc2cccc(C(F)(F)F)c2)cc1. The molecule has 0 bridgehead atoms. The van der Waals surface area contributed by atoms with Crippen molar-refractivity contribution in [2.75, 3.05) is 18.5 Å². The summed E-state index contributed by atoms with van der Waals surface area (Å²) < 4.78 is 47.4. The van der Waals surface area contributed by atoms with Crippen LogP contribution in [0.5, 0.6) is 5.75 Å². The number of rotatable bonds is 7. The summed E-state index contributed by atoms with van der Waals surface area (Å²) in [4.78, 5) is 34.2. The van der Waals surface area contributed by atoms with E-state index in [1.165, 1.54) is 30.3 Å². The highest BCUT2D eigenvalue weighted by Crippen LogP contribution is 2.31. The molecule has 2 aromatic rings. The van der Waals surface area contributed by atoms with Crippen LogP contribution in [0.3, 0.4) is 0 Å². The summed E-state index contributed by atoms with van der Waals surface area (Å²) in [6, 6.07) is 9.71. The number of primary amides is 1. The van der Waals surface area contributed by atoms with Gasteiger partial charge in [-0.1, -0.05) is 6.07 Å². The first-order valence-electron chi connectivity index (χ1n) is 7.80. The first kappa shape index (κ1) is 20.7. The minimum Gasteiger partial charge on any atom is -0.482 e. The molecule has 2 rings (SSSR count). The van der Waals surface area contributed by atoms with Gasteiger partial charge in [0.25, 0.3) is 5.91 Å². The van der Waals surface area contributed by atoms with E-state index in [1.54, 1.807) is 0 Å². The van der Waals surface area contributed by atoms with Gasteiger partial charge >= 0.3 is 12.1 Å². The number of hydrogen-bond donors (Lipinski definition) is 2. The summed E-state index contributed by atoms with van der Waals surface area (Å²) >= 11 is 0. The molecule has 28 heavy (non-hydrogen) atoms. The van der Waals surface area contributed by atoms with Crippen LogP contribution in [0.25, 0.3) is 0 Å². The number of amides is 2. The molecule has 0 aromatic heterocycles. The predicted octanol–water partition coefficient (Wildman–Crippen LogP) is 2.37. The normalized spacial score (nSPS) is 10.8. The van der Waals surface area contributed by atoms with Crippen LogP contribution in [0.4, 0.5) is 18.9 Å². The van der Waals surface area contributed by atoms with Crippen molar-refractivity contribution in [3.05, 3.63) is 59.7 Å². The number of hydrogen-bond acceptors (Lipinski definition) is 5. The molecule has 0 saturated carbocycles. The molecule has 2 aromatic carbocycles. The number of anilines is 1. The molecular formula is C18H15F3N2O5. The molecule has 0 aliphatic rings. The van der Waals surface area contributed by atoms with Gasteiger partial charge in [-0.25, -0.2) is 4.79 Å². The van der Waals surface area contributed by atoms with Crippen molar-refractivity contribution in [2.45, 2.75) is 6.18 Å². The lowest BCUT2D eigenvalue weighted by molar-refractivity contribution is -0.149. The molecule has 10 heteroatoms. The van der Waals surface area contributed by atoms with Gasteiger partial charge in [0, 0.05) is 11.3 Å². The second-order valence-electron chi connectivity index (χ2n) is 5.46. The standard InChI is InChI=1S/C18H15F3N2O5/c19-18(20,21)12-2-1-3-14(8-12)27-10-16(25)28-9-15(24)23-13-6-4-11(5-7-13)17(22)26/h1-8H,9-10H2,(H2,22,26)(H,23,24). The van der Waals surface area contributed by atoms with Gasteiger partial charge in [0.15, 0.2) is 13.2 Å². The number of alkyl halides is 3. The van der Waals surface area contributed by atoms with E-state index in [9.17, 15) is 27.6 Å². The van der Waals surface area contributed by atoms with Crippen molar-refractivity contribution in [3.8, 4) is 5.75 Å². The highest BCUT2D eigenvalue weighted by Gasteiger charge is 2.30. The van der Waals surface area contributed by atoms with Gasteiger partial charge in [-0.05, 0) is 42.5 Å². The summed E-state index contributed by atoms with van der Waals surface area (Å²) in [5.74, 6) is -2.37. The molecule has 7 nitrogen and oxygen atoms in total. The Balaban J connectivity index is 1.77. The van der Waals surface area contributed by atoms with Crippen LogP contribution in [0.15, 0.2) is 48.5 Å². The fraction of sp³-hybridized carbons (Fsp3) is 0.167. The Hall–Kier alpha value is -3.56. The summed E-state index contributed by atoms with van der Waals surface area (Å²) in [6.07, 6.45) is -4.53. The number of carbonyl (C=O) groups excluding carboxylic acids is 3. The average Bonchev–Trinajstić information content (AvgIpc) is 2.64. The molecular weight excluding hydrogens is 381 g/mol. The molecule has 0 heterocycles. The molecule has 3 N–H and O–H groups in total. The molecule has 0 atom stereocenters. The van der Waals surface area contributed by atoms with Crippen molar-refractivity contribution in [3.63, 3.8) is 0 Å². The van der Waals surface area contributed by atoms with Gasteiger partial charge in [-0.15, -0.1) is 0 Å². The second-order valence-corrected chi connectivity index (χ2v) is 5.46. The largest absolute Gasteiger partial charge is 0.482 e. The molecule has 0 radical (unpaired) electrons. The Morgan fingerprint density at radius 3 is 2.29 bits per heavy atom. The van der Waals surface area contributed by atoms with E-state index < -0.39 is 42.7 Å². The Labute approximate surface area is 157 Å². The number of ether oxygens (including phenoxy) is 2. The molecule has 0 fully saturated rings. The summed E-state index contributed by atoms with van der Waals surface area (Å²) in [5, 5.41) is 2.43. The number of esters is 1. The van der Waals surface area contributed by atoms with E-state index in [0.717, 1.165) is 18.2 Å². The quantitative estimate of drug-likeness (QED) is 0.699. The molecule has 0 spiro atoms. The van der Waals surface area contributed by atoms with Gasteiger partial charge in [-0.2, -0.15) is 13.2 Å². The van der Waals surface area contributed by atoms with Crippen molar-refractivity contribution >= 4 is 23.5 Å². The van der Waals surface area contributed by atoms with Crippen molar-refractivity contribution < 1.29 is 37.0 Å². The molecule has 148 valence electrons. The molecule has 2 amide bonds. The minimum absolute atomic E-state index is 0.161. The van der Waals surface area contributed by atoms with Crippen LogP contribution >= 0.6 is 0 Å². The second kappa shape index (κ2) is 8.89. The first-order chi connectivity index (χ1) is 13.1. The van der Waals surface area contributed by atoms with Crippen LogP contribution in [0, 0.1) is 0 Å². The van der Waals surface area contributed by atoms with E-state index in [1.807, 2.05) is 0 Å². The third-order valence-corrected chi connectivity index (χ3v) is 3.34. The first-order valence-corrected chi connectivity index (χ1v) is 7.80. The number of halogens is 3. The highest BCUT2D eigenvalue weighted by atomic mass is 19.4. The fourth-order valence-electron chi connectivity index (χ4n) is 2.01. The minimum atomic E-state index is -4.53. The maximum absolute atomic E-state index is 12.6. The lowest BCUT2D eigenvalue weighted by atomic mass is 10.2. The van der Waals surface area contributed by atoms with Gasteiger partial charge < -0.3 is 20.5 Å². The number of nitrogens with one attached hydrogen (secondary N) is 1. The van der Waals surface area contributed by atoms with Crippen molar-refractivity contribution in [2.24, 2.45) is 5.73 Å². The summed E-state index contributed by atoms with van der Waals surface area (Å²) in [6.45, 7) is -1.29. The van der Waals surface area contributed by atoms with Crippen LogP contribution < -0.4 is 15.8 Å². The van der Waals surface area contributed by atoms with Gasteiger partial charge in [0.2, 0.25) is 5.91 Å². The maximum Gasteiger partial charge on any atom is 0.416 e. The lowest BCUT2D eigenvalue weighted by Gasteiger charge is -2.10. The Morgan fingerprint density at radius 2 is 1.68 bits per heavy atom. The Kier molecular flexibility index (Phi) is 6.59. The molecule has 0 unspecified atom stereocenters. The van der Waals surface area contributed by atoms with E-state index in [0.29, 0.717) is 5.69 Å². The molecule has 0 aliphatic heterocycles. The highest BCUT2D eigenvalue weighted by molar-refractivity contribution is 5.95. The van der Waals surface area contributed by atoms with Crippen LogP contribution in [0.2, 0.25) is 0 Å². The fourth-order valence-corrected chi connectivity index (χ4v) is 2.01. The van der Waals surface area contributed by atoms with Crippen LogP contribution in [0.1, 0.15) is 15.9 Å². The van der Waals surface area contributed by atoms with Gasteiger partial charge in [0.05, 0.1) is 5.56 Å². The topological polar surface area (TPSA) is 108 Å². The average molecular weight is 396 g/mol. The van der Waals surface area contributed by atoms with Crippen molar-refractivity contribution in [1.29, 1.82) is 0 Å². The van der Waals surface area contributed by atoms with E-state index in [-0.39, 0.29) is 11.3 Å². The lowest BCUT2D eigenvalue weighted by Crippen LogP contribution is -2.23. The zero-order valence-electron chi connectivity index (χ0n) is 14.3. The Morgan fingerprint density at radius 1 is 1.00 bits per heavy atom. The van der Waals surface area contributed by atoms with Crippen LogP contribution in [-0.4, -0.2) is 31.0 Å². The number of nitrogens with two attached hydrogens (primary N) is 1. The number of benzene rings is 2. The van der Waals surface area contributed by atoms with E-state index in [4.69, 9.17) is 10.5 Å². The third kappa shape index (κ3) is 6.31. The summed E-state index contributed by atoms with van der Waals surface area (Å²) in [5.41, 5.74) is 4.79. The maximum atomic E-state index is 12.6. The summed E-state index contributed by atoms with van der Waals surface area (Å²) in [7, 11) is 0. The van der Waals surface area contributed by atoms with E-state index in [2.05, 4.69) is 10.1 Å². The Bertz CT molecular complexity index is 866. The monoisotopic (exact) mass is 396 g/mol. The molecule has 0 aliphatic carbocycles.